The van der Waals surface area contributed by atoms with E-state index < -0.39 is 0 Å². The van der Waals surface area contributed by atoms with Crippen molar-refractivity contribution in [1.29, 1.82) is 0 Å². The number of nitrogens with zero attached hydrogens (tertiary/aromatic N) is 5. The lowest BCUT2D eigenvalue weighted by atomic mass is 9.95. The maximum atomic E-state index is 12.6. The van der Waals surface area contributed by atoms with E-state index in [1.807, 2.05) is 24.3 Å². The van der Waals surface area contributed by atoms with Crippen molar-refractivity contribution in [2.24, 2.45) is 0 Å². The number of hydrogen-bond acceptors (Lipinski definition) is 6. The summed E-state index contributed by atoms with van der Waals surface area (Å²) in [5.74, 6) is 1.72. The van der Waals surface area contributed by atoms with Gasteiger partial charge in [-0.3, -0.25) is 4.79 Å². The molecule has 1 fully saturated rings. The number of H-pyrrole nitrogens is 1. The number of amides is 1. The fraction of sp³-hybridized carbons (Fsp3) is 0.364. The van der Waals surface area contributed by atoms with Crippen LogP contribution in [0, 0.1) is 0 Å². The van der Waals surface area contributed by atoms with Crippen molar-refractivity contribution < 1.29 is 4.79 Å². The largest absolute Gasteiger partial charge is 0.376 e. The lowest BCUT2D eigenvalue weighted by Gasteiger charge is -2.22. The zero-order valence-electron chi connectivity index (χ0n) is 24.1. The molecule has 0 atom stereocenters. The second-order valence-corrected chi connectivity index (χ2v) is 11.2. The first-order chi connectivity index (χ1) is 20.7. The summed E-state index contributed by atoms with van der Waals surface area (Å²) in [6, 6.07) is 23.3. The first kappa shape index (κ1) is 27.6. The number of benzene rings is 3. The van der Waals surface area contributed by atoms with Gasteiger partial charge in [0.05, 0.1) is 17.6 Å². The summed E-state index contributed by atoms with van der Waals surface area (Å²) < 4.78 is 2.32. The van der Waals surface area contributed by atoms with Crippen LogP contribution in [0.5, 0.6) is 0 Å². The van der Waals surface area contributed by atoms with Crippen molar-refractivity contribution in [2.75, 3.05) is 11.9 Å². The molecule has 1 aliphatic rings. The van der Waals surface area contributed by atoms with Gasteiger partial charge in [-0.1, -0.05) is 81.1 Å². The van der Waals surface area contributed by atoms with Gasteiger partial charge in [0.2, 0.25) is 11.7 Å². The number of unbranched alkanes of at least 4 members (excludes halogenated alkanes) is 1. The molecular formula is C33H38N8O. The molecule has 0 saturated heterocycles. The van der Waals surface area contributed by atoms with Crippen LogP contribution >= 0.6 is 0 Å². The molecule has 1 saturated carbocycles. The van der Waals surface area contributed by atoms with Crippen LogP contribution < -0.4 is 10.6 Å². The van der Waals surface area contributed by atoms with Crippen LogP contribution in [0.1, 0.15) is 63.3 Å². The molecule has 216 valence electrons. The van der Waals surface area contributed by atoms with Crippen LogP contribution in [0.4, 0.5) is 5.69 Å². The van der Waals surface area contributed by atoms with E-state index in [2.05, 4.69) is 85.2 Å². The Morgan fingerprint density at radius 2 is 1.81 bits per heavy atom. The Kier molecular flexibility index (Phi) is 8.54. The van der Waals surface area contributed by atoms with Crippen LogP contribution in [-0.4, -0.2) is 48.7 Å². The van der Waals surface area contributed by atoms with Gasteiger partial charge in [-0.15, -0.1) is 10.2 Å². The Morgan fingerprint density at radius 1 is 1.00 bits per heavy atom. The van der Waals surface area contributed by atoms with E-state index in [0.717, 1.165) is 71.3 Å². The summed E-state index contributed by atoms with van der Waals surface area (Å²) in [7, 11) is 0. The number of carbonyl (C=O) groups is 1. The molecule has 2 aromatic heterocycles. The summed E-state index contributed by atoms with van der Waals surface area (Å²) in [4.78, 5) is 17.6. The minimum Gasteiger partial charge on any atom is -0.376 e. The normalized spacial score (nSPS) is 13.8. The van der Waals surface area contributed by atoms with Gasteiger partial charge in [-0.05, 0) is 59.4 Å². The van der Waals surface area contributed by atoms with Crippen LogP contribution in [-0.2, 0) is 17.8 Å². The number of aromatic nitrogens is 6. The molecule has 0 bridgehead atoms. The van der Waals surface area contributed by atoms with Gasteiger partial charge in [0.1, 0.15) is 5.82 Å². The maximum absolute atomic E-state index is 12.6. The molecule has 0 spiro atoms. The summed E-state index contributed by atoms with van der Waals surface area (Å²) in [5.41, 5.74) is 7.27. The second-order valence-electron chi connectivity index (χ2n) is 11.2. The maximum Gasteiger partial charge on any atom is 0.239 e. The third-order valence-corrected chi connectivity index (χ3v) is 8.12. The van der Waals surface area contributed by atoms with E-state index in [4.69, 9.17) is 4.98 Å². The highest BCUT2D eigenvalue weighted by Crippen LogP contribution is 2.30. The van der Waals surface area contributed by atoms with Crippen LogP contribution in [0.15, 0.2) is 66.7 Å². The molecule has 9 nitrogen and oxygen atoms in total. The number of rotatable bonds is 11. The molecule has 0 unspecified atom stereocenters. The van der Waals surface area contributed by atoms with Gasteiger partial charge in [-0.25, -0.2) is 4.98 Å². The number of aromatic amines is 1. The predicted molar refractivity (Wildman–Crippen MR) is 166 cm³/mol. The summed E-state index contributed by atoms with van der Waals surface area (Å²) in [5, 5.41) is 21.2. The summed E-state index contributed by atoms with van der Waals surface area (Å²) in [6.45, 7) is 3.19. The van der Waals surface area contributed by atoms with E-state index in [9.17, 15) is 4.79 Å². The standard InChI is InChI=1S/C33H38N8O/c1-2-3-13-31-36-29-19-18-26(34-21-32(42)35-25-9-5-4-6-10-25)20-30(29)41(31)22-23-14-16-24(17-15-23)27-11-7-8-12-28(27)33-37-39-40-38-33/h7-8,11-12,14-20,25,34H,2-6,9-10,13,21-22H2,1H3,(H,35,42)(H,37,38,39,40). The molecular weight excluding hydrogens is 524 g/mol. The van der Waals surface area contributed by atoms with Crippen molar-refractivity contribution in [3.05, 3.63) is 78.1 Å². The first-order valence-electron chi connectivity index (χ1n) is 15.1. The zero-order valence-corrected chi connectivity index (χ0v) is 24.1. The lowest BCUT2D eigenvalue weighted by molar-refractivity contribution is -0.120. The Hall–Kier alpha value is -4.53. The molecule has 1 amide bonds. The van der Waals surface area contributed by atoms with Gasteiger partial charge >= 0.3 is 0 Å². The summed E-state index contributed by atoms with van der Waals surface area (Å²) >= 11 is 0. The smallest absolute Gasteiger partial charge is 0.239 e. The fourth-order valence-corrected chi connectivity index (χ4v) is 5.87. The van der Waals surface area contributed by atoms with Gasteiger partial charge in [-0.2, -0.15) is 5.21 Å². The Morgan fingerprint density at radius 3 is 2.57 bits per heavy atom. The molecule has 1 aliphatic carbocycles. The van der Waals surface area contributed by atoms with E-state index >= 15 is 0 Å². The first-order valence-corrected chi connectivity index (χ1v) is 15.1. The average Bonchev–Trinajstić information content (AvgIpc) is 3.68. The fourth-order valence-electron chi connectivity index (χ4n) is 5.87. The molecule has 2 heterocycles. The number of aryl methyl sites for hydroxylation is 1. The molecule has 9 heteroatoms. The van der Waals surface area contributed by atoms with Crippen molar-refractivity contribution in [3.63, 3.8) is 0 Å². The number of carbonyl (C=O) groups excluding carboxylic acids is 1. The molecule has 0 radical (unpaired) electrons. The number of nitrogens with one attached hydrogen (secondary N) is 3. The minimum absolute atomic E-state index is 0.0557. The van der Waals surface area contributed by atoms with Crippen LogP contribution in [0.3, 0.4) is 0 Å². The number of fused-ring (bicyclic) bond motifs is 1. The van der Waals surface area contributed by atoms with Gasteiger partial charge in [0, 0.05) is 30.3 Å². The van der Waals surface area contributed by atoms with Crippen molar-refractivity contribution >= 4 is 22.6 Å². The van der Waals surface area contributed by atoms with Crippen LogP contribution in [0.25, 0.3) is 33.5 Å². The molecule has 42 heavy (non-hydrogen) atoms. The van der Waals surface area contributed by atoms with E-state index in [1.54, 1.807) is 0 Å². The molecule has 3 aromatic carbocycles. The highest BCUT2D eigenvalue weighted by atomic mass is 16.2. The number of imidazole rings is 1. The summed E-state index contributed by atoms with van der Waals surface area (Å²) in [6.07, 6.45) is 8.98. The quantitative estimate of drug-likeness (QED) is 0.178. The number of hydrogen-bond donors (Lipinski definition) is 3. The van der Waals surface area contributed by atoms with Crippen molar-refractivity contribution in [3.8, 4) is 22.5 Å². The highest BCUT2D eigenvalue weighted by molar-refractivity contribution is 5.84. The van der Waals surface area contributed by atoms with Crippen molar-refractivity contribution in [2.45, 2.75) is 70.9 Å². The van der Waals surface area contributed by atoms with Gasteiger partial charge in [0.25, 0.3) is 0 Å². The van der Waals surface area contributed by atoms with Crippen LogP contribution in [0.2, 0.25) is 0 Å². The Balaban J connectivity index is 1.21. The minimum atomic E-state index is 0.0557. The third-order valence-electron chi connectivity index (χ3n) is 8.12. The van der Waals surface area contributed by atoms with Crippen molar-refractivity contribution in [1.82, 2.24) is 35.5 Å². The van der Waals surface area contributed by atoms with Gasteiger partial charge in [0.15, 0.2) is 0 Å². The number of tetrazole rings is 1. The molecule has 0 aliphatic heterocycles. The molecule has 3 N–H and O–H groups in total. The zero-order chi connectivity index (χ0) is 28.7. The average molecular weight is 563 g/mol. The topological polar surface area (TPSA) is 113 Å². The Bertz CT molecular complexity index is 1620. The SMILES string of the molecule is CCCCc1nc2ccc(NCC(=O)NC3CCCCC3)cc2n1Cc1ccc(-c2ccccc2-c2nn[nH]n2)cc1. The third kappa shape index (κ3) is 6.35. The van der Waals surface area contributed by atoms with E-state index in [-0.39, 0.29) is 12.5 Å². The van der Waals surface area contributed by atoms with Gasteiger partial charge < -0.3 is 15.2 Å². The molecule has 6 rings (SSSR count). The predicted octanol–water partition coefficient (Wildman–Crippen LogP) is 6.14. The van der Waals surface area contributed by atoms with E-state index in [0.29, 0.717) is 18.4 Å². The molecule has 5 aromatic rings. The Labute approximate surface area is 246 Å². The second kappa shape index (κ2) is 13.0. The lowest BCUT2D eigenvalue weighted by Crippen LogP contribution is -2.39. The van der Waals surface area contributed by atoms with E-state index in [1.165, 1.54) is 24.8 Å². The number of anilines is 1. The highest BCUT2D eigenvalue weighted by Gasteiger charge is 2.17. The monoisotopic (exact) mass is 562 g/mol.